The van der Waals surface area contributed by atoms with Crippen molar-refractivity contribution in [2.24, 2.45) is 17.3 Å². The Morgan fingerprint density at radius 2 is 1.95 bits per heavy atom. The zero-order valence-corrected chi connectivity index (χ0v) is 25.2. The minimum atomic E-state index is -3.35. The number of carbonyl (C=O) groups excluding carboxylic acids is 3. The Kier molecular flexibility index (Phi) is 13.3. The third-order valence-corrected chi connectivity index (χ3v) is 8.92. The van der Waals surface area contributed by atoms with Crippen LogP contribution in [0, 0.1) is 17.3 Å². The average Bonchev–Trinajstić information content (AvgIpc) is 3.39. The lowest BCUT2D eigenvalue weighted by Gasteiger charge is -2.37. The molecule has 2 rings (SSSR count). The summed E-state index contributed by atoms with van der Waals surface area (Å²) in [5.41, 5.74) is -0.755. The molecule has 4 N–H and O–H groups in total. The predicted molar refractivity (Wildman–Crippen MR) is 152 cm³/mol. The Bertz CT molecular complexity index is 1010. The molecule has 13 heteroatoms. The Morgan fingerprint density at radius 1 is 1.26 bits per heavy atom. The van der Waals surface area contributed by atoms with Gasteiger partial charge in [-0.2, -0.15) is 0 Å². The first-order chi connectivity index (χ1) is 18.4. The first-order valence-electron chi connectivity index (χ1n) is 13.8. The summed E-state index contributed by atoms with van der Waals surface area (Å²) >= 11 is 1.26. The summed E-state index contributed by atoms with van der Waals surface area (Å²) in [5, 5.41) is 18.9. The van der Waals surface area contributed by atoms with E-state index in [0.717, 1.165) is 38.4 Å². The van der Waals surface area contributed by atoms with Crippen molar-refractivity contribution in [3.05, 3.63) is 11.6 Å². The van der Waals surface area contributed by atoms with Gasteiger partial charge in [-0.1, -0.05) is 59.3 Å². The van der Waals surface area contributed by atoms with Crippen LogP contribution >= 0.6 is 11.3 Å². The number of carbonyl (C=O) groups is 3. The molecule has 222 valence electrons. The molecule has 3 amide bonds. The van der Waals surface area contributed by atoms with E-state index in [1.165, 1.54) is 11.3 Å². The van der Waals surface area contributed by atoms with Crippen LogP contribution in [0.3, 0.4) is 0 Å². The second-order valence-corrected chi connectivity index (χ2v) is 13.9. The Labute approximate surface area is 236 Å². The molecule has 11 nitrogen and oxygen atoms in total. The molecule has 0 spiro atoms. The third kappa shape index (κ3) is 11.1. The van der Waals surface area contributed by atoms with Crippen LogP contribution in [-0.2, 0) is 24.4 Å². The van der Waals surface area contributed by atoms with Gasteiger partial charge in [-0.05, 0) is 37.0 Å². The van der Waals surface area contributed by atoms with E-state index in [-0.39, 0.29) is 12.5 Å². The van der Waals surface area contributed by atoms with E-state index in [1.54, 1.807) is 11.6 Å². The van der Waals surface area contributed by atoms with Gasteiger partial charge in [-0.3, -0.25) is 19.6 Å². The molecular formula is C26H45N5O6S2. The molecule has 39 heavy (non-hydrogen) atoms. The summed E-state index contributed by atoms with van der Waals surface area (Å²) in [7, 11) is -3.35. The van der Waals surface area contributed by atoms with Gasteiger partial charge in [0.2, 0.25) is 28.2 Å². The molecule has 1 aromatic rings. The van der Waals surface area contributed by atoms with Crippen LogP contribution in [-0.4, -0.2) is 66.8 Å². The lowest BCUT2D eigenvalue weighted by atomic mass is 9.77. The normalized spacial score (nSPS) is 17.2. The lowest BCUT2D eigenvalue weighted by Crippen LogP contribution is -2.56. The average molecular weight is 588 g/mol. The molecule has 1 saturated carbocycles. The van der Waals surface area contributed by atoms with Gasteiger partial charge >= 0.3 is 0 Å². The second kappa shape index (κ2) is 15.6. The maximum Gasteiger partial charge on any atom is 0.249 e. The number of thiazole rings is 1. The van der Waals surface area contributed by atoms with E-state index in [9.17, 15) is 28.0 Å². The van der Waals surface area contributed by atoms with E-state index in [0.29, 0.717) is 54.6 Å². The third-order valence-electron chi connectivity index (χ3n) is 7.50. The molecule has 0 aromatic carbocycles. The number of sulfonamides is 1. The highest BCUT2D eigenvalue weighted by Crippen LogP contribution is 2.34. The summed E-state index contributed by atoms with van der Waals surface area (Å²) in [4.78, 5) is 43.1. The number of nitrogens with one attached hydrogen (secondary N) is 3. The van der Waals surface area contributed by atoms with Gasteiger partial charge in [0.15, 0.2) is 5.13 Å². The van der Waals surface area contributed by atoms with Crippen molar-refractivity contribution in [1.82, 2.24) is 20.1 Å². The Hall–Kier alpha value is -2.09. The van der Waals surface area contributed by atoms with Crippen molar-refractivity contribution in [1.29, 1.82) is 0 Å². The largest absolute Gasteiger partial charge is 0.343 e. The van der Waals surface area contributed by atoms with Crippen LogP contribution in [0.25, 0.3) is 0 Å². The summed E-state index contributed by atoms with van der Waals surface area (Å²) in [6.45, 7) is 5.84. The highest BCUT2D eigenvalue weighted by molar-refractivity contribution is 7.88. The van der Waals surface area contributed by atoms with E-state index in [4.69, 9.17) is 0 Å². The van der Waals surface area contributed by atoms with E-state index < -0.39 is 39.3 Å². The molecular weight excluding hydrogens is 542 g/mol. The van der Waals surface area contributed by atoms with Gasteiger partial charge in [0.05, 0.1) is 18.2 Å². The summed E-state index contributed by atoms with van der Waals surface area (Å²) in [5.74, 6) is -1.21. The van der Waals surface area contributed by atoms with Crippen molar-refractivity contribution >= 4 is 44.7 Å². The molecule has 1 aliphatic rings. The van der Waals surface area contributed by atoms with Crippen LogP contribution in [0.2, 0.25) is 0 Å². The van der Waals surface area contributed by atoms with Crippen LogP contribution in [0.1, 0.15) is 85.0 Å². The first kappa shape index (κ1) is 33.1. The molecule has 3 atom stereocenters. The zero-order valence-electron chi connectivity index (χ0n) is 23.5. The summed E-state index contributed by atoms with van der Waals surface area (Å²) < 4.78 is 25.4. The van der Waals surface area contributed by atoms with Crippen molar-refractivity contribution in [2.75, 3.05) is 18.1 Å². The van der Waals surface area contributed by atoms with Crippen molar-refractivity contribution in [3.63, 3.8) is 0 Å². The number of amides is 3. The molecule has 1 aromatic heterocycles. The molecule has 0 aliphatic heterocycles. The fourth-order valence-electron chi connectivity index (χ4n) is 5.39. The van der Waals surface area contributed by atoms with Crippen molar-refractivity contribution in [2.45, 2.75) is 97.1 Å². The summed E-state index contributed by atoms with van der Waals surface area (Å²) in [6, 6.07) is -1.68. The standard InChI is InChI=1S/C26H45N5O6S2/c1-5-10-21(31(35)18-32)20(17-19-11-7-6-8-12-19)23(33)29-22(24(34)30-25-27-15-16-38-25)26(2,3)13-9-14-28-39(4,36)37/h15-16,18-22,28,35H,5-14,17H2,1-4H3,(H,29,33)(H,27,30,34)/t20-,21+,22-/m1/s1. The van der Waals surface area contributed by atoms with Gasteiger partial charge in [-0.25, -0.2) is 23.2 Å². The molecule has 0 unspecified atom stereocenters. The Morgan fingerprint density at radius 3 is 2.51 bits per heavy atom. The van der Waals surface area contributed by atoms with Gasteiger partial charge < -0.3 is 10.6 Å². The highest BCUT2D eigenvalue weighted by Gasteiger charge is 2.40. The SMILES string of the molecule is CCC[C@@H]([C@@H](CC1CCCCC1)C(=O)N[C@H](C(=O)Nc1nccs1)C(C)(C)CCCNS(C)(=O)=O)N(O)C=O. The predicted octanol–water partition coefficient (Wildman–Crippen LogP) is 3.52. The van der Waals surface area contributed by atoms with Crippen LogP contribution in [0.5, 0.6) is 0 Å². The maximum atomic E-state index is 13.9. The number of rotatable bonds is 17. The number of hydrogen-bond donors (Lipinski definition) is 4. The van der Waals surface area contributed by atoms with Gasteiger partial charge in [-0.15, -0.1) is 11.3 Å². The van der Waals surface area contributed by atoms with Crippen molar-refractivity contribution < 1.29 is 28.0 Å². The highest BCUT2D eigenvalue weighted by atomic mass is 32.2. The minimum absolute atomic E-state index is 0.207. The lowest BCUT2D eigenvalue weighted by molar-refractivity contribution is -0.170. The molecule has 1 heterocycles. The topological polar surface area (TPSA) is 158 Å². The van der Waals surface area contributed by atoms with E-state index >= 15 is 0 Å². The van der Waals surface area contributed by atoms with Gasteiger partial charge in [0.25, 0.3) is 0 Å². The molecule has 0 saturated heterocycles. The maximum absolute atomic E-state index is 13.9. The monoisotopic (exact) mass is 587 g/mol. The number of anilines is 1. The second-order valence-electron chi connectivity index (χ2n) is 11.2. The first-order valence-corrected chi connectivity index (χ1v) is 16.5. The summed E-state index contributed by atoms with van der Waals surface area (Å²) in [6.07, 6.45) is 10.8. The fourth-order valence-corrected chi connectivity index (χ4v) is 6.43. The molecule has 0 bridgehead atoms. The number of aromatic nitrogens is 1. The quantitative estimate of drug-likeness (QED) is 0.0939. The van der Waals surface area contributed by atoms with E-state index in [2.05, 4.69) is 20.3 Å². The number of nitrogens with zero attached hydrogens (tertiary/aromatic N) is 2. The van der Waals surface area contributed by atoms with Gasteiger partial charge in [0.1, 0.15) is 6.04 Å². The van der Waals surface area contributed by atoms with Crippen molar-refractivity contribution in [3.8, 4) is 0 Å². The Balaban J connectivity index is 2.31. The molecule has 1 fully saturated rings. The van der Waals surface area contributed by atoms with E-state index in [1.807, 2.05) is 20.8 Å². The molecule has 1 aliphatic carbocycles. The van der Waals surface area contributed by atoms with Gasteiger partial charge in [0, 0.05) is 18.1 Å². The minimum Gasteiger partial charge on any atom is -0.343 e. The fraction of sp³-hybridized carbons (Fsp3) is 0.769. The zero-order chi connectivity index (χ0) is 29.1. The number of hydroxylamine groups is 2. The van der Waals surface area contributed by atoms with Crippen LogP contribution < -0.4 is 15.4 Å². The molecule has 0 radical (unpaired) electrons. The number of hydrogen-bond acceptors (Lipinski definition) is 8. The smallest absolute Gasteiger partial charge is 0.249 e. The van der Waals surface area contributed by atoms with Crippen LogP contribution in [0.15, 0.2) is 11.6 Å². The van der Waals surface area contributed by atoms with Crippen LogP contribution in [0.4, 0.5) is 5.13 Å².